The van der Waals surface area contributed by atoms with Crippen LogP contribution in [0, 0.1) is 5.41 Å². The number of nitrogens with one attached hydrogen (secondary N) is 2. The van der Waals surface area contributed by atoms with Gasteiger partial charge in [-0.1, -0.05) is 37.0 Å². The van der Waals surface area contributed by atoms with Gasteiger partial charge in [0.2, 0.25) is 0 Å². The molecule has 0 bridgehead atoms. The fraction of sp³-hybridized carbons (Fsp3) is 0.643. The van der Waals surface area contributed by atoms with Gasteiger partial charge < -0.3 is 15.4 Å². The van der Waals surface area contributed by atoms with Crippen molar-refractivity contribution >= 4 is 34.8 Å². The van der Waals surface area contributed by atoms with Crippen molar-refractivity contribution in [2.45, 2.75) is 27.2 Å². The van der Waals surface area contributed by atoms with E-state index in [0.717, 1.165) is 26.1 Å². The number of halogens is 2. The SMILES string of the molecule is CCNc1nc(NCC(C)(C)CCOC)c(Cl)cc1Cl. The van der Waals surface area contributed by atoms with Crippen LogP contribution in [-0.4, -0.2) is 31.8 Å². The van der Waals surface area contributed by atoms with Crippen molar-refractivity contribution in [1.29, 1.82) is 0 Å². The Bertz CT molecular complexity index is 439. The molecule has 0 atom stereocenters. The molecule has 114 valence electrons. The zero-order valence-corrected chi connectivity index (χ0v) is 14.0. The van der Waals surface area contributed by atoms with Gasteiger partial charge in [-0.3, -0.25) is 0 Å². The zero-order valence-electron chi connectivity index (χ0n) is 12.5. The normalized spacial score (nSPS) is 11.5. The van der Waals surface area contributed by atoms with Crippen LogP contribution in [0.25, 0.3) is 0 Å². The first-order valence-electron chi connectivity index (χ1n) is 6.72. The minimum Gasteiger partial charge on any atom is -0.385 e. The molecule has 0 radical (unpaired) electrons. The summed E-state index contributed by atoms with van der Waals surface area (Å²) in [5.41, 5.74) is 0.0962. The quantitative estimate of drug-likeness (QED) is 0.750. The number of pyridine rings is 1. The van der Waals surface area contributed by atoms with Crippen LogP contribution in [0.15, 0.2) is 6.07 Å². The van der Waals surface area contributed by atoms with Gasteiger partial charge >= 0.3 is 0 Å². The number of aromatic nitrogens is 1. The third-order valence-corrected chi connectivity index (χ3v) is 3.57. The molecule has 0 aliphatic heterocycles. The number of hydrogen-bond donors (Lipinski definition) is 2. The number of rotatable bonds is 8. The topological polar surface area (TPSA) is 46.2 Å². The summed E-state index contributed by atoms with van der Waals surface area (Å²) in [5.74, 6) is 1.30. The van der Waals surface area contributed by atoms with E-state index in [9.17, 15) is 0 Å². The van der Waals surface area contributed by atoms with Crippen LogP contribution in [0.1, 0.15) is 27.2 Å². The summed E-state index contributed by atoms with van der Waals surface area (Å²) in [6.45, 7) is 8.60. The fourth-order valence-electron chi connectivity index (χ4n) is 1.67. The lowest BCUT2D eigenvalue weighted by molar-refractivity contribution is 0.157. The van der Waals surface area contributed by atoms with Gasteiger partial charge in [-0.15, -0.1) is 0 Å². The van der Waals surface area contributed by atoms with Crippen LogP contribution < -0.4 is 10.6 Å². The Hall–Kier alpha value is -0.710. The van der Waals surface area contributed by atoms with Crippen molar-refractivity contribution in [2.75, 3.05) is 37.4 Å². The second-order valence-electron chi connectivity index (χ2n) is 5.44. The number of nitrogens with zero attached hydrogens (tertiary/aromatic N) is 1. The Balaban J connectivity index is 2.74. The third-order valence-electron chi connectivity index (χ3n) is 2.99. The highest BCUT2D eigenvalue weighted by Crippen LogP contribution is 2.30. The molecule has 1 aromatic heterocycles. The molecule has 0 aromatic carbocycles. The molecule has 1 rings (SSSR count). The van der Waals surface area contributed by atoms with Gasteiger partial charge in [0.15, 0.2) is 0 Å². The summed E-state index contributed by atoms with van der Waals surface area (Å²) in [5, 5.41) is 7.46. The number of methoxy groups -OCH3 is 1. The summed E-state index contributed by atoms with van der Waals surface area (Å²) in [6.07, 6.45) is 0.960. The molecule has 0 saturated heterocycles. The molecule has 0 fully saturated rings. The molecule has 6 heteroatoms. The van der Waals surface area contributed by atoms with Crippen LogP contribution in [0.2, 0.25) is 10.0 Å². The van der Waals surface area contributed by atoms with E-state index in [1.807, 2.05) is 6.92 Å². The monoisotopic (exact) mass is 319 g/mol. The predicted molar refractivity (Wildman–Crippen MR) is 87.2 cm³/mol. The first-order chi connectivity index (χ1) is 9.39. The minimum absolute atomic E-state index is 0.0962. The number of ether oxygens (including phenoxy) is 1. The highest BCUT2D eigenvalue weighted by molar-refractivity contribution is 6.37. The third kappa shape index (κ3) is 5.35. The maximum atomic E-state index is 6.17. The minimum atomic E-state index is 0.0962. The van der Waals surface area contributed by atoms with Gasteiger partial charge in [0.25, 0.3) is 0 Å². The van der Waals surface area contributed by atoms with Crippen LogP contribution in [0.5, 0.6) is 0 Å². The Morgan fingerprint density at radius 3 is 2.35 bits per heavy atom. The van der Waals surface area contributed by atoms with E-state index in [-0.39, 0.29) is 5.41 Å². The van der Waals surface area contributed by atoms with Crippen molar-refractivity contribution in [1.82, 2.24) is 4.98 Å². The first-order valence-corrected chi connectivity index (χ1v) is 7.48. The average Bonchev–Trinajstić information content (AvgIpc) is 2.38. The van der Waals surface area contributed by atoms with E-state index in [4.69, 9.17) is 27.9 Å². The van der Waals surface area contributed by atoms with E-state index in [1.165, 1.54) is 0 Å². The molecule has 20 heavy (non-hydrogen) atoms. The molecule has 0 saturated carbocycles. The van der Waals surface area contributed by atoms with E-state index >= 15 is 0 Å². The lowest BCUT2D eigenvalue weighted by Gasteiger charge is -2.25. The van der Waals surface area contributed by atoms with Gasteiger partial charge in [-0.2, -0.15) is 0 Å². The Labute approximate surface area is 131 Å². The van der Waals surface area contributed by atoms with Gasteiger partial charge in [0, 0.05) is 26.8 Å². The highest BCUT2D eigenvalue weighted by Gasteiger charge is 2.18. The van der Waals surface area contributed by atoms with Gasteiger partial charge in [0.05, 0.1) is 10.0 Å². The molecule has 0 amide bonds. The highest BCUT2D eigenvalue weighted by atomic mass is 35.5. The summed E-state index contributed by atoms with van der Waals surface area (Å²) in [7, 11) is 1.71. The summed E-state index contributed by atoms with van der Waals surface area (Å²) in [4.78, 5) is 4.43. The van der Waals surface area contributed by atoms with E-state index < -0.39 is 0 Å². The summed E-state index contributed by atoms with van der Waals surface area (Å²) >= 11 is 12.3. The maximum Gasteiger partial charge on any atom is 0.147 e. The molecule has 1 heterocycles. The van der Waals surface area contributed by atoms with Crippen LogP contribution in [0.4, 0.5) is 11.6 Å². The lowest BCUT2D eigenvalue weighted by atomic mass is 9.90. The van der Waals surface area contributed by atoms with Crippen LogP contribution in [-0.2, 0) is 4.74 Å². The molecule has 0 spiro atoms. The Morgan fingerprint density at radius 1 is 1.20 bits per heavy atom. The smallest absolute Gasteiger partial charge is 0.147 e. The Morgan fingerprint density at radius 2 is 1.80 bits per heavy atom. The molecule has 0 aliphatic carbocycles. The standard InChI is InChI=1S/C14H23Cl2N3O/c1-5-17-12-10(15)8-11(16)13(19-12)18-9-14(2,3)6-7-20-4/h8H,5-7,9H2,1-4H3,(H2,17,18,19). The average molecular weight is 320 g/mol. The van der Waals surface area contributed by atoms with Gasteiger partial charge in [0.1, 0.15) is 11.6 Å². The summed E-state index contributed by atoms with van der Waals surface area (Å²) in [6, 6.07) is 1.71. The molecule has 1 aromatic rings. The van der Waals surface area contributed by atoms with Crippen molar-refractivity contribution in [2.24, 2.45) is 5.41 Å². The molecule has 2 N–H and O–H groups in total. The van der Waals surface area contributed by atoms with Crippen molar-refractivity contribution in [3.8, 4) is 0 Å². The number of hydrogen-bond acceptors (Lipinski definition) is 4. The molecular weight excluding hydrogens is 297 g/mol. The molecular formula is C14H23Cl2N3O. The fourth-order valence-corrected chi connectivity index (χ4v) is 2.16. The summed E-state index contributed by atoms with van der Waals surface area (Å²) < 4.78 is 5.12. The van der Waals surface area contributed by atoms with Crippen molar-refractivity contribution in [3.63, 3.8) is 0 Å². The Kier molecular flexibility index (Phi) is 6.86. The zero-order chi connectivity index (χ0) is 15.2. The predicted octanol–water partition coefficient (Wildman–Crippen LogP) is 4.29. The van der Waals surface area contributed by atoms with Gasteiger partial charge in [-0.25, -0.2) is 4.98 Å². The van der Waals surface area contributed by atoms with E-state index in [0.29, 0.717) is 21.7 Å². The largest absolute Gasteiger partial charge is 0.385 e. The van der Waals surface area contributed by atoms with E-state index in [2.05, 4.69) is 29.5 Å². The van der Waals surface area contributed by atoms with Crippen molar-refractivity contribution < 1.29 is 4.74 Å². The maximum absolute atomic E-state index is 6.17. The first kappa shape index (κ1) is 17.3. The van der Waals surface area contributed by atoms with Crippen molar-refractivity contribution in [3.05, 3.63) is 16.1 Å². The lowest BCUT2D eigenvalue weighted by Crippen LogP contribution is -2.25. The molecule has 4 nitrogen and oxygen atoms in total. The number of anilines is 2. The molecule has 0 unspecified atom stereocenters. The van der Waals surface area contributed by atoms with Gasteiger partial charge in [-0.05, 0) is 24.8 Å². The van der Waals surface area contributed by atoms with E-state index in [1.54, 1.807) is 13.2 Å². The van der Waals surface area contributed by atoms with Crippen LogP contribution >= 0.6 is 23.2 Å². The van der Waals surface area contributed by atoms with Crippen LogP contribution in [0.3, 0.4) is 0 Å². The second kappa shape index (κ2) is 7.91. The second-order valence-corrected chi connectivity index (χ2v) is 6.25. The molecule has 0 aliphatic rings.